The van der Waals surface area contributed by atoms with Crippen molar-refractivity contribution in [3.63, 3.8) is 0 Å². The van der Waals surface area contributed by atoms with Crippen LogP contribution in [-0.4, -0.2) is 39.5 Å². The van der Waals surface area contributed by atoms with Crippen molar-refractivity contribution in [3.05, 3.63) is 11.6 Å². The van der Waals surface area contributed by atoms with Crippen LogP contribution in [0.3, 0.4) is 0 Å². The van der Waals surface area contributed by atoms with E-state index in [9.17, 15) is 4.79 Å². The fraction of sp³-hybridized carbons (Fsp3) is 0.824. The van der Waals surface area contributed by atoms with E-state index in [2.05, 4.69) is 25.4 Å². The number of carbonyl (C=O) groups is 1. The third-order valence-electron chi connectivity index (χ3n) is 6.09. The normalized spacial score (nSPS) is 27.0. The average Bonchev–Trinajstić information content (AvgIpc) is 3.29. The first-order valence-electron chi connectivity index (χ1n) is 9.30. The smallest absolute Gasteiger partial charge is 0.315 e. The molecule has 2 atom stereocenters. The molecule has 0 bridgehead atoms. The average molecular weight is 333 g/mol. The lowest BCUT2D eigenvalue weighted by molar-refractivity contribution is -0.126. The second-order valence-corrected chi connectivity index (χ2v) is 7.29. The molecule has 2 N–H and O–H groups in total. The fourth-order valence-electron chi connectivity index (χ4n) is 4.80. The van der Waals surface area contributed by atoms with Crippen LogP contribution in [0.15, 0.2) is 0 Å². The van der Waals surface area contributed by atoms with Crippen molar-refractivity contribution in [1.82, 2.24) is 25.4 Å². The number of ether oxygens (including phenoxy) is 1. The summed E-state index contributed by atoms with van der Waals surface area (Å²) < 4.78 is 8.02. The molecule has 3 aliphatic rings. The van der Waals surface area contributed by atoms with Crippen LogP contribution >= 0.6 is 0 Å². The van der Waals surface area contributed by atoms with Gasteiger partial charge in [0.1, 0.15) is 5.82 Å². The summed E-state index contributed by atoms with van der Waals surface area (Å²) in [5.41, 5.74) is 0.170. The molecule has 2 amide bonds. The van der Waals surface area contributed by atoms with Gasteiger partial charge in [-0.15, -0.1) is 10.2 Å². The Hall–Kier alpha value is -1.63. The minimum absolute atomic E-state index is 0.100. The van der Waals surface area contributed by atoms with Crippen molar-refractivity contribution >= 4 is 6.03 Å². The monoisotopic (exact) mass is 333 g/mol. The third kappa shape index (κ3) is 2.59. The van der Waals surface area contributed by atoms with Gasteiger partial charge in [-0.1, -0.05) is 12.8 Å². The topological polar surface area (TPSA) is 81.1 Å². The molecule has 24 heavy (non-hydrogen) atoms. The first-order chi connectivity index (χ1) is 11.7. The summed E-state index contributed by atoms with van der Waals surface area (Å²) in [5, 5.41) is 14.5. The Kier molecular flexibility index (Phi) is 4.20. The van der Waals surface area contributed by atoms with Gasteiger partial charge in [0.05, 0.1) is 12.6 Å². The van der Waals surface area contributed by atoms with Gasteiger partial charge < -0.3 is 19.9 Å². The van der Waals surface area contributed by atoms with E-state index < -0.39 is 0 Å². The van der Waals surface area contributed by atoms with Crippen molar-refractivity contribution in [2.45, 2.75) is 77.1 Å². The molecular formula is C17H27N5O2. The van der Waals surface area contributed by atoms with Crippen molar-refractivity contribution in [3.8, 4) is 0 Å². The van der Waals surface area contributed by atoms with Crippen LogP contribution in [-0.2, 0) is 24.2 Å². The molecule has 2 heterocycles. The van der Waals surface area contributed by atoms with Gasteiger partial charge in [-0.2, -0.15) is 0 Å². The molecule has 0 radical (unpaired) electrons. The van der Waals surface area contributed by atoms with Gasteiger partial charge in [-0.3, -0.25) is 0 Å². The van der Waals surface area contributed by atoms with Crippen LogP contribution in [0.5, 0.6) is 0 Å². The number of nitrogens with one attached hydrogen (secondary N) is 2. The molecule has 1 aromatic rings. The summed E-state index contributed by atoms with van der Waals surface area (Å²) in [6, 6.07) is 0.136. The lowest BCUT2D eigenvalue weighted by Gasteiger charge is -2.53. The summed E-state index contributed by atoms with van der Waals surface area (Å²) >= 11 is 0. The number of amides is 2. The zero-order valence-electron chi connectivity index (χ0n) is 14.4. The van der Waals surface area contributed by atoms with Crippen molar-refractivity contribution in [2.24, 2.45) is 5.41 Å². The Bertz CT molecular complexity index is 608. The molecule has 2 fully saturated rings. The first kappa shape index (κ1) is 15.9. The van der Waals surface area contributed by atoms with Gasteiger partial charge in [0.2, 0.25) is 0 Å². The van der Waals surface area contributed by atoms with Gasteiger partial charge in [-0.25, -0.2) is 4.79 Å². The van der Waals surface area contributed by atoms with Crippen LogP contribution < -0.4 is 10.6 Å². The highest BCUT2D eigenvalue weighted by atomic mass is 16.5. The summed E-state index contributed by atoms with van der Waals surface area (Å²) in [6.07, 6.45) is 8.18. The zero-order valence-corrected chi connectivity index (χ0v) is 14.4. The van der Waals surface area contributed by atoms with E-state index in [1.807, 2.05) is 6.92 Å². The van der Waals surface area contributed by atoms with E-state index in [1.165, 1.54) is 25.7 Å². The predicted octanol–water partition coefficient (Wildman–Crippen LogP) is 1.76. The molecular weight excluding hydrogens is 306 g/mol. The van der Waals surface area contributed by atoms with Gasteiger partial charge in [0.25, 0.3) is 0 Å². The Morgan fingerprint density at radius 1 is 1.33 bits per heavy atom. The van der Waals surface area contributed by atoms with E-state index >= 15 is 0 Å². The quantitative estimate of drug-likeness (QED) is 0.860. The summed E-state index contributed by atoms with van der Waals surface area (Å²) in [5.74, 6) is 1.89. The SMILES string of the molecule is CCO[C@H]1C[C@H](NC(=O)NCc2nnc3n2CCC3)C12CCCC2. The van der Waals surface area contributed by atoms with Gasteiger partial charge >= 0.3 is 6.03 Å². The number of nitrogens with zero attached hydrogens (tertiary/aromatic N) is 3. The summed E-state index contributed by atoms with van der Waals surface area (Å²) in [4.78, 5) is 12.3. The molecule has 1 spiro atoms. The molecule has 0 aromatic carbocycles. The largest absolute Gasteiger partial charge is 0.378 e. The molecule has 0 saturated heterocycles. The molecule has 7 nitrogen and oxygen atoms in total. The first-order valence-corrected chi connectivity index (χ1v) is 9.30. The van der Waals surface area contributed by atoms with Gasteiger partial charge in [0, 0.05) is 31.0 Å². The lowest BCUT2D eigenvalue weighted by Crippen LogP contribution is -2.64. The van der Waals surface area contributed by atoms with E-state index in [1.54, 1.807) is 0 Å². The lowest BCUT2D eigenvalue weighted by atomic mass is 9.60. The van der Waals surface area contributed by atoms with Crippen LogP contribution in [0.25, 0.3) is 0 Å². The van der Waals surface area contributed by atoms with Crippen LogP contribution in [0.4, 0.5) is 4.79 Å². The number of rotatable bonds is 5. The number of aromatic nitrogens is 3. The second kappa shape index (κ2) is 6.35. The summed E-state index contributed by atoms with van der Waals surface area (Å²) in [7, 11) is 0. The van der Waals surface area contributed by atoms with E-state index in [-0.39, 0.29) is 17.5 Å². The molecule has 1 aromatic heterocycles. The highest BCUT2D eigenvalue weighted by Gasteiger charge is 2.57. The minimum atomic E-state index is -0.100. The van der Waals surface area contributed by atoms with Crippen LogP contribution in [0, 0.1) is 5.41 Å². The third-order valence-corrected chi connectivity index (χ3v) is 6.09. The fourth-order valence-corrected chi connectivity index (χ4v) is 4.80. The maximum absolute atomic E-state index is 12.3. The highest BCUT2D eigenvalue weighted by Crippen LogP contribution is 2.54. The van der Waals surface area contributed by atoms with Crippen molar-refractivity contribution in [2.75, 3.05) is 6.61 Å². The number of aryl methyl sites for hydroxylation is 1. The van der Waals surface area contributed by atoms with E-state index in [0.717, 1.165) is 44.1 Å². The molecule has 7 heteroatoms. The Morgan fingerprint density at radius 3 is 2.96 bits per heavy atom. The number of urea groups is 1. The number of hydrogen-bond acceptors (Lipinski definition) is 4. The second-order valence-electron chi connectivity index (χ2n) is 7.29. The molecule has 1 aliphatic heterocycles. The van der Waals surface area contributed by atoms with E-state index in [0.29, 0.717) is 12.6 Å². The van der Waals surface area contributed by atoms with Gasteiger partial charge in [0.15, 0.2) is 5.82 Å². The maximum atomic E-state index is 12.3. The number of fused-ring (bicyclic) bond motifs is 1. The number of hydrogen-bond donors (Lipinski definition) is 2. The molecule has 4 rings (SSSR count). The van der Waals surface area contributed by atoms with E-state index in [4.69, 9.17) is 4.74 Å². The molecule has 2 saturated carbocycles. The van der Waals surface area contributed by atoms with Crippen LogP contribution in [0.2, 0.25) is 0 Å². The Labute approximate surface area is 142 Å². The maximum Gasteiger partial charge on any atom is 0.315 e. The molecule has 132 valence electrons. The van der Waals surface area contributed by atoms with Crippen molar-refractivity contribution in [1.29, 1.82) is 0 Å². The number of carbonyl (C=O) groups excluding carboxylic acids is 1. The Morgan fingerprint density at radius 2 is 2.17 bits per heavy atom. The standard InChI is InChI=1S/C17H27N5O2/c1-2-24-13-10-12(17(13)7-3-4-8-17)19-16(23)18-11-15-21-20-14-6-5-9-22(14)15/h12-13H,2-11H2,1H3,(H2,18,19,23)/t12-,13-/m0/s1. The van der Waals surface area contributed by atoms with Gasteiger partial charge in [-0.05, 0) is 32.6 Å². The van der Waals surface area contributed by atoms with Crippen molar-refractivity contribution < 1.29 is 9.53 Å². The molecule has 0 unspecified atom stereocenters. The Balaban J connectivity index is 1.31. The minimum Gasteiger partial charge on any atom is -0.378 e. The molecule has 2 aliphatic carbocycles. The highest BCUT2D eigenvalue weighted by molar-refractivity contribution is 5.74. The zero-order chi connectivity index (χ0) is 16.6. The van der Waals surface area contributed by atoms with Crippen LogP contribution in [0.1, 0.15) is 57.1 Å². The summed E-state index contributed by atoms with van der Waals surface area (Å²) in [6.45, 7) is 4.20. The predicted molar refractivity (Wildman–Crippen MR) is 88.4 cm³/mol.